The Bertz CT molecular complexity index is 554. The Morgan fingerprint density at radius 3 is 2.43 bits per heavy atom. The lowest BCUT2D eigenvalue weighted by molar-refractivity contribution is 0.242. The van der Waals surface area contributed by atoms with Crippen molar-refractivity contribution in [2.75, 3.05) is 6.54 Å². The normalized spacial score (nSPS) is 24.7. The highest BCUT2D eigenvalue weighted by Crippen LogP contribution is 2.29. The van der Waals surface area contributed by atoms with E-state index in [1.165, 1.54) is 25.7 Å². The second-order valence-corrected chi connectivity index (χ2v) is 7.83. The van der Waals surface area contributed by atoms with E-state index in [-0.39, 0.29) is 10.9 Å². The van der Waals surface area contributed by atoms with E-state index in [1.807, 2.05) is 12.1 Å². The number of sulfonamides is 1. The molecule has 0 saturated heterocycles. The van der Waals surface area contributed by atoms with Gasteiger partial charge in [-0.05, 0) is 49.4 Å². The second kappa shape index (κ2) is 6.90. The molecule has 0 aromatic heterocycles. The molecule has 0 aliphatic heterocycles. The minimum Gasteiger partial charge on any atom is -0.310 e. The van der Waals surface area contributed by atoms with Gasteiger partial charge in [-0.1, -0.05) is 38.3 Å². The first kappa shape index (κ1) is 16.5. The van der Waals surface area contributed by atoms with Gasteiger partial charge in [0.2, 0.25) is 10.0 Å². The van der Waals surface area contributed by atoms with Crippen LogP contribution in [0.25, 0.3) is 0 Å². The number of benzene rings is 1. The molecule has 3 N–H and O–H groups in total. The minimum absolute atomic E-state index is 0.166. The van der Waals surface area contributed by atoms with Crippen molar-refractivity contribution in [3.8, 4) is 0 Å². The summed E-state index contributed by atoms with van der Waals surface area (Å²) in [6, 6.07) is 7.04. The van der Waals surface area contributed by atoms with Crippen LogP contribution in [0.5, 0.6) is 0 Å². The first-order valence-electron chi connectivity index (χ1n) is 7.74. The van der Waals surface area contributed by atoms with Crippen molar-refractivity contribution in [2.45, 2.75) is 50.5 Å². The summed E-state index contributed by atoms with van der Waals surface area (Å²) in [6.45, 7) is 5.48. The quantitative estimate of drug-likeness (QED) is 0.878. The third-order valence-corrected chi connectivity index (χ3v) is 5.61. The lowest BCUT2D eigenvalue weighted by Crippen LogP contribution is -2.31. The molecule has 1 aromatic carbocycles. The van der Waals surface area contributed by atoms with E-state index in [0.717, 1.165) is 23.9 Å². The Morgan fingerprint density at radius 2 is 1.86 bits per heavy atom. The molecular formula is C16H26N2O2S. The fourth-order valence-corrected chi connectivity index (χ4v) is 3.60. The fourth-order valence-electron chi connectivity index (χ4n) is 3.09. The van der Waals surface area contributed by atoms with Gasteiger partial charge in [-0.3, -0.25) is 0 Å². The van der Waals surface area contributed by atoms with Crippen LogP contribution in [0.15, 0.2) is 29.2 Å². The fraction of sp³-hybridized carbons (Fsp3) is 0.625. The van der Waals surface area contributed by atoms with Crippen molar-refractivity contribution >= 4 is 10.0 Å². The highest BCUT2D eigenvalue weighted by atomic mass is 32.2. The molecule has 0 amide bonds. The van der Waals surface area contributed by atoms with Gasteiger partial charge in [0.1, 0.15) is 0 Å². The Kier molecular flexibility index (Phi) is 5.41. The molecule has 1 aromatic rings. The molecule has 1 fully saturated rings. The first-order chi connectivity index (χ1) is 9.88. The van der Waals surface area contributed by atoms with E-state index in [2.05, 4.69) is 19.2 Å². The van der Waals surface area contributed by atoms with Gasteiger partial charge >= 0.3 is 0 Å². The van der Waals surface area contributed by atoms with Crippen molar-refractivity contribution in [2.24, 2.45) is 17.0 Å². The molecule has 1 saturated carbocycles. The maximum atomic E-state index is 11.2. The number of nitrogens with two attached hydrogens (primary N) is 1. The molecule has 0 radical (unpaired) electrons. The molecule has 1 aliphatic rings. The van der Waals surface area contributed by atoms with Gasteiger partial charge in [0.25, 0.3) is 0 Å². The highest BCUT2D eigenvalue weighted by Gasteiger charge is 2.21. The van der Waals surface area contributed by atoms with Crippen LogP contribution in [0.3, 0.4) is 0 Å². The van der Waals surface area contributed by atoms with Crippen molar-refractivity contribution in [1.29, 1.82) is 0 Å². The summed E-state index contributed by atoms with van der Waals surface area (Å²) in [5, 5.41) is 8.69. The van der Waals surface area contributed by atoms with Gasteiger partial charge in [-0.15, -0.1) is 0 Å². The Labute approximate surface area is 128 Å². The van der Waals surface area contributed by atoms with Crippen LogP contribution in [0.4, 0.5) is 0 Å². The van der Waals surface area contributed by atoms with Crippen molar-refractivity contribution in [3.05, 3.63) is 29.8 Å². The van der Waals surface area contributed by atoms with E-state index < -0.39 is 10.0 Å². The molecule has 0 bridgehead atoms. The summed E-state index contributed by atoms with van der Waals surface area (Å²) in [6.07, 6.45) is 5.35. The largest absolute Gasteiger partial charge is 0.310 e. The number of nitrogens with one attached hydrogen (secondary N) is 1. The maximum absolute atomic E-state index is 11.2. The number of rotatable bonds is 5. The van der Waals surface area contributed by atoms with E-state index in [0.29, 0.717) is 0 Å². The van der Waals surface area contributed by atoms with E-state index >= 15 is 0 Å². The summed E-state index contributed by atoms with van der Waals surface area (Å²) in [4.78, 5) is 0.166. The molecule has 21 heavy (non-hydrogen) atoms. The zero-order valence-electron chi connectivity index (χ0n) is 12.9. The molecule has 118 valence electrons. The molecule has 2 rings (SSSR count). The predicted molar refractivity (Wildman–Crippen MR) is 85.4 cm³/mol. The van der Waals surface area contributed by atoms with Gasteiger partial charge in [-0.2, -0.15) is 0 Å². The predicted octanol–water partition coefficient (Wildman–Crippen LogP) is 2.81. The van der Waals surface area contributed by atoms with Gasteiger partial charge in [0.15, 0.2) is 0 Å². The molecule has 4 nitrogen and oxygen atoms in total. The lowest BCUT2D eigenvalue weighted by atomic mass is 9.80. The van der Waals surface area contributed by atoms with Gasteiger partial charge in [0.05, 0.1) is 4.90 Å². The van der Waals surface area contributed by atoms with Crippen LogP contribution in [0.1, 0.15) is 51.1 Å². The number of hydrogen-bond acceptors (Lipinski definition) is 3. The van der Waals surface area contributed by atoms with Gasteiger partial charge < -0.3 is 5.32 Å². The third-order valence-electron chi connectivity index (χ3n) is 4.68. The molecule has 0 spiro atoms. The summed E-state index contributed by atoms with van der Waals surface area (Å²) >= 11 is 0. The zero-order chi connectivity index (χ0) is 15.5. The third kappa shape index (κ3) is 4.53. The minimum atomic E-state index is -3.60. The van der Waals surface area contributed by atoms with Gasteiger partial charge in [-0.25, -0.2) is 13.6 Å². The van der Waals surface area contributed by atoms with Crippen LogP contribution < -0.4 is 10.5 Å². The van der Waals surface area contributed by atoms with E-state index in [9.17, 15) is 8.42 Å². The maximum Gasteiger partial charge on any atom is 0.238 e. The number of primary sulfonamides is 1. The molecule has 1 aliphatic carbocycles. The lowest BCUT2D eigenvalue weighted by Gasteiger charge is -2.30. The summed E-state index contributed by atoms with van der Waals surface area (Å²) < 4.78 is 22.5. The van der Waals surface area contributed by atoms with Gasteiger partial charge in [0, 0.05) is 6.04 Å². The van der Waals surface area contributed by atoms with E-state index in [1.54, 1.807) is 12.1 Å². The average Bonchev–Trinajstić information content (AvgIpc) is 2.45. The number of hydrogen-bond donors (Lipinski definition) is 2. The monoisotopic (exact) mass is 310 g/mol. The smallest absolute Gasteiger partial charge is 0.238 e. The topological polar surface area (TPSA) is 72.2 Å². The van der Waals surface area contributed by atoms with Crippen molar-refractivity contribution in [3.63, 3.8) is 0 Å². The summed E-state index contributed by atoms with van der Waals surface area (Å²) in [7, 11) is -3.60. The molecule has 3 unspecified atom stereocenters. The van der Waals surface area contributed by atoms with Crippen LogP contribution >= 0.6 is 0 Å². The van der Waals surface area contributed by atoms with Crippen LogP contribution in [-0.2, 0) is 10.0 Å². The first-order valence-corrected chi connectivity index (χ1v) is 9.28. The highest BCUT2D eigenvalue weighted by molar-refractivity contribution is 7.89. The van der Waals surface area contributed by atoms with Crippen molar-refractivity contribution in [1.82, 2.24) is 5.32 Å². The second-order valence-electron chi connectivity index (χ2n) is 6.27. The van der Waals surface area contributed by atoms with Crippen LogP contribution in [0, 0.1) is 11.8 Å². The Hall–Kier alpha value is -0.910. The zero-order valence-corrected chi connectivity index (χ0v) is 13.7. The SMILES string of the molecule is CC(NCC1CCCCC1C)c1ccc(S(N)(=O)=O)cc1. The Balaban J connectivity index is 1.92. The standard InChI is InChI=1S/C16H26N2O2S/c1-12-5-3-4-6-15(12)11-18-13(2)14-7-9-16(10-8-14)21(17,19)20/h7-10,12-13,15,18H,3-6,11H2,1-2H3,(H2,17,19,20). The summed E-state index contributed by atoms with van der Waals surface area (Å²) in [5.41, 5.74) is 1.09. The van der Waals surface area contributed by atoms with Crippen LogP contribution in [-0.4, -0.2) is 15.0 Å². The summed E-state index contributed by atoms with van der Waals surface area (Å²) in [5.74, 6) is 1.55. The molecule has 5 heteroatoms. The Morgan fingerprint density at radius 1 is 1.24 bits per heavy atom. The van der Waals surface area contributed by atoms with Crippen molar-refractivity contribution < 1.29 is 8.42 Å². The van der Waals surface area contributed by atoms with E-state index in [4.69, 9.17) is 5.14 Å². The van der Waals surface area contributed by atoms with Crippen LogP contribution in [0.2, 0.25) is 0 Å². The average molecular weight is 310 g/mol. The molecular weight excluding hydrogens is 284 g/mol. The molecule has 0 heterocycles. The molecule has 3 atom stereocenters.